The van der Waals surface area contributed by atoms with E-state index in [4.69, 9.17) is 10.5 Å². The normalized spacial score (nSPS) is 13.9. The van der Waals surface area contributed by atoms with Gasteiger partial charge in [-0.3, -0.25) is 4.68 Å². The van der Waals surface area contributed by atoms with Gasteiger partial charge in [0.15, 0.2) is 5.96 Å². The Hall–Kier alpha value is -1.61. The van der Waals surface area contributed by atoms with Gasteiger partial charge in [-0.2, -0.15) is 5.10 Å². The number of hydrogen-bond acceptors (Lipinski definition) is 3. The third-order valence-electron chi connectivity index (χ3n) is 4.43. The highest BCUT2D eigenvalue weighted by Crippen LogP contribution is 2.24. The SMILES string of the molecule is COCc1ccccc1NC(N)=NCc1c2c(nn1C)CCCC2.I. The molecule has 0 saturated carbocycles. The maximum absolute atomic E-state index is 6.08. The van der Waals surface area contributed by atoms with E-state index in [1.54, 1.807) is 7.11 Å². The van der Waals surface area contributed by atoms with Gasteiger partial charge in [-0.15, -0.1) is 24.0 Å². The molecular formula is C18H26IN5O. The van der Waals surface area contributed by atoms with Crippen molar-refractivity contribution in [2.45, 2.75) is 38.8 Å². The van der Waals surface area contributed by atoms with Crippen molar-refractivity contribution in [3.8, 4) is 0 Å². The summed E-state index contributed by atoms with van der Waals surface area (Å²) in [4.78, 5) is 4.51. The van der Waals surface area contributed by atoms with E-state index in [0.29, 0.717) is 19.1 Å². The van der Waals surface area contributed by atoms with Gasteiger partial charge in [-0.25, -0.2) is 4.99 Å². The van der Waals surface area contributed by atoms with Crippen molar-refractivity contribution in [3.05, 3.63) is 46.8 Å². The van der Waals surface area contributed by atoms with Crippen LogP contribution in [0.3, 0.4) is 0 Å². The van der Waals surface area contributed by atoms with Gasteiger partial charge in [0, 0.05) is 25.4 Å². The van der Waals surface area contributed by atoms with Crippen LogP contribution in [-0.4, -0.2) is 22.8 Å². The molecule has 0 unspecified atom stereocenters. The smallest absolute Gasteiger partial charge is 0.193 e. The molecule has 1 aliphatic carbocycles. The van der Waals surface area contributed by atoms with Crippen molar-refractivity contribution in [2.24, 2.45) is 17.8 Å². The minimum atomic E-state index is 0. The van der Waals surface area contributed by atoms with E-state index in [-0.39, 0.29) is 24.0 Å². The molecular weight excluding hydrogens is 429 g/mol. The second-order valence-corrected chi connectivity index (χ2v) is 6.12. The molecule has 25 heavy (non-hydrogen) atoms. The molecule has 1 aromatic carbocycles. The first-order chi connectivity index (χ1) is 11.7. The van der Waals surface area contributed by atoms with E-state index >= 15 is 0 Å². The molecule has 7 heteroatoms. The van der Waals surface area contributed by atoms with Crippen LogP contribution in [-0.2, 0) is 37.8 Å². The summed E-state index contributed by atoms with van der Waals surface area (Å²) in [6.45, 7) is 1.08. The fourth-order valence-corrected chi connectivity index (χ4v) is 3.21. The quantitative estimate of drug-likeness (QED) is 0.413. The lowest BCUT2D eigenvalue weighted by Gasteiger charge is -2.12. The van der Waals surface area contributed by atoms with Crippen LogP contribution in [0.15, 0.2) is 29.3 Å². The number of aromatic nitrogens is 2. The second-order valence-electron chi connectivity index (χ2n) is 6.12. The topological polar surface area (TPSA) is 77.5 Å². The van der Waals surface area contributed by atoms with Crippen LogP contribution in [0.5, 0.6) is 0 Å². The molecule has 0 saturated heterocycles. The molecule has 0 atom stereocenters. The van der Waals surface area contributed by atoms with E-state index in [2.05, 4.69) is 15.4 Å². The maximum atomic E-state index is 6.08. The fourth-order valence-electron chi connectivity index (χ4n) is 3.21. The predicted molar refractivity (Wildman–Crippen MR) is 111 cm³/mol. The zero-order chi connectivity index (χ0) is 16.9. The number of nitrogens with zero attached hydrogens (tertiary/aromatic N) is 3. The Labute approximate surface area is 165 Å². The van der Waals surface area contributed by atoms with E-state index in [0.717, 1.165) is 24.1 Å². The maximum Gasteiger partial charge on any atom is 0.193 e. The number of guanidine groups is 1. The summed E-state index contributed by atoms with van der Waals surface area (Å²) in [5, 5.41) is 7.80. The summed E-state index contributed by atoms with van der Waals surface area (Å²) in [6.07, 6.45) is 4.63. The van der Waals surface area contributed by atoms with Crippen molar-refractivity contribution in [3.63, 3.8) is 0 Å². The molecule has 1 heterocycles. The number of hydrogen-bond donors (Lipinski definition) is 2. The molecule has 2 aromatic rings. The number of fused-ring (bicyclic) bond motifs is 1. The van der Waals surface area contributed by atoms with Gasteiger partial charge in [0.05, 0.1) is 24.5 Å². The Balaban J connectivity index is 0.00000225. The molecule has 0 fully saturated rings. The number of nitrogens with two attached hydrogens (primary N) is 1. The van der Waals surface area contributed by atoms with Crippen LogP contribution in [0.4, 0.5) is 5.69 Å². The number of halogens is 1. The van der Waals surface area contributed by atoms with E-state index < -0.39 is 0 Å². The van der Waals surface area contributed by atoms with E-state index in [1.807, 2.05) is 36.0 Å². The van der Waals surface area contributed by atoms with Crippen molar-refractivity contribution in [1.82, 2.24) is 9.78 Å². The molecule has 0 amide bonds. The van der Waals surface area contributed by atoms with Gasteiger partial charge in [0.2, 0.25) is 0 Å². The zero-order valence-corrected chi connectivity index (χ0v) is 17.1. The Kier molecular flexibility index (Phi) is 7.24. The van der Waals surface area contributed by atoms with E-state index in [9.17, 15) is 0 Å². The van der Waals surface area contributed by atoms with E-state index in [1.165, 1.54) is 29.8 Å². The number of aryl methyl sites for hydroxylation is 2. The van der Waals surface area contributed by atoms with Crippen LogP contribution >= 0.6 is 24.0 Å². The molecule has 3 rings (SSSR count). The predicted octanol–water partition coefficient (Wildman–Crippen LogP) is 2.99. The van der Waals surface area contributed by atoms with Gasteiger partial charge in [-0.1, -0.05) is 18.2 Å². The Morgan fingerprint density at radius 2 is 2.08 bits per heavy atom. The highest BCUT2D eigenvalue weighted by atomic mass is 127. The lowest BCUT2D eigenvalue weighted by atomic mass is 9.96. The highest BCUT2D eigenvalue weighted by Gasteiger charge is 2.18. The summed E-state index contributed by atoms with van der Waals surface area (Å²) in [7, 11) is 3.67. The first kappa shape index (κ1) is 19.7. The minimum absolute atomic E-state index is 0. The summed E-state index contributed by atoms with van der Waals surface area (Å²) in [5.41, 5.74) is 11.8. The number of benzene rings is 1. The highest BCUT2D eigenvalue weighted by molar-refractivity contribution is 14.0. The first-order valence-electron chi connectivity index (χ1n) is 8.36. The lowest BCUT2D eigenvalue weighted by molar-refractivity contribution is 0.185. The third kappa shape index (κ3) is 4.72. The van der Waals surface area contributed by atoms with Gasteiger partial charge >= 0.3 is 0 Å². The Morgan fingerprint density at radius 1 is 1.32 bits per heavy atom. The van der Waals surface area contributed by atoms with Crippen molar-refractivity contribution < 1.29 is 4.74 Å². The monoisotopic (exact) mass is 455 g/mol. The molecule has 136 valence electrons. The molecule has 0 radical (unpaired) electrons. The second kappa shape index (κ2) is 9.19. The number of ether oxygens (including phenoxy) is 1. The summed E-state index contributed by atoms with van der Waals surface area (Å²) >= 11 is 0. The minimum Gasteiger partial charge on any atom is -0.380 e. The van der Waals surface area contributed by atoms with Crippen molar-refractivity contribution >= 4 is 35.6 Å². The summed E-state index contributed by atoms with van der Waals surface area (Å²) in [5.74, 6) is 0.407. The summed E-state index contributed by atoms with van der Waals surface area (Å²) < 4.78 is 7.16. The van der Waals surface area contributed by atoms with Crippen molar-refractivity contribution in [1.29, 1.82) is 0 Å². The first-order valence-corrected chi connectivity index (χ1v) is 8.36. The average molecular weight is 455 g/mol. The molecule has 6 nitrogen and oxygen atoms in total. The molecule has 0 aliphatic heterocycles. The standard InChI is InChI=1S/C18H25N5O.HI/c1-23-17(14-8-4-6-10-16(14)22-23)11-20-18(19)21-15-9-5-3-7-13(15)12-24-2;/h3,5,7,9H,4,6,8,10-12H2,1-2H3,(H3,19,20,21);1H. The van der Waals surface area contributed by atoms with Crippen LogP contribution < -0.4 is 11.1 Å². The Morgan fingerprint density at radius 3 is 2.88 bits per heavy atom. The van der Waals surface area contributed by atoms with Gasteiger partial charge < -0.3 is 15.8 Å². The van der Waals surface area contributed by atoms with Crippen LogP contribution in [0.25, 0.3) is 0 Å². The molecule has 3 N–H and O–H groups in total. The van der Waals surface area contributed by atoms with Gasteiger partial charge in [0.1, 0.15) is 0 Å². The van der Waals surface area contributed by atoms with Crippen LogP contribution in [0, 0.1) is 0 Å². The number of nitrogens with one attached hydrogen (secondary N) is 1. The number of anilines is 1. The molecule has 1 aliphatic rings. The largest absolute Gasteiger partial charge is 0.380 e. The average Bonchev–Trinajstić information content (AvgIpc) is 2.90. The van der Waals surface area contributed by atoms with Gasteiger partial charge in [-0.05, 0) is 37.3 Å². The van der Waals surface area contributed by atoms with Gasteiger partial charge in [0.25, 0.3) is 0 Å². The zero-order valence-electron chi connectivity index (χ0n) is 14.8. The van der Waals surface area contributed by atoms with Crippen LogP contribution in [0.2, 0.25) is 0 Å². The molecule has 1 aromatic heterocycles. The molecule has 0 bridgehead atoms. The summed E-state index contributed by atoms with van der Waals surface area (Å²) in [6, 6.07) is 7.93. The molecule has 0 spiro atoms. The number of methoxy groups -OCH3 is 1. The van der Waals surface area contributed by atoms with Crippen LogP contribution in [0.1, 0.15) is 35.4 Å². The lowest BCUT2D eigenvalue weighted by Crippen LogP contribution is -2.23. The number of rotatable bonds is 5. The third-order valence-corrected chi connectivity index (χ3v) is 4.43. The number of para-hydroxylation sites is 1. The Bertz CT molecular complexity index is 741. The fraction of sp³-hybridized carbons (Fsp3) is 0.444. The number of aliphatic imine (C=N–C) groups is 1. The van der Waals surface area contributed by atoms with Crippen molar-refractivity contribution in [2.75, 3.05) is 12.4 Å².